The van der Waals surface area contributed by atoms with Crippen molar-refractivity contribution >= 4 is 41.1 Å². The molecule has 0 radical (unpaired) electrons. The molecule has 1 heterocycles. The van der Waals surface area contributed by atoms with Crippen LogP contribution in [0.1, 0.15) is 6.92 Å². The molecule has 8 heteroatoms. The lowest BCUT2D eigenvalue weighted by molar-refractivity contribution is -0.115. The number of carbonyl (C=O) groups is 1. The maximum Gasteiger partial charge on any atom is 0.237 e. The Morgan fingerprint density at radius 1 is 1.45 bits per heavy atom. The average molecular weight is 309 g/mol. The monoisotopic (exact) mass is 309 g/mol. The molecule has 0 fully saturated rings. The Labute approximate surface area is 125 Å². The Bertz CT molecular complexity index is 601. The Morgan fingerprint density at radius 2 is 2.20 bits per heavy atom. The summed E-state index contributed by atoms with van der Waals surface area (Å²) in [6, 6.07) is 7.68. The molecule has 106 valence electrons. The fourth-order valence-corrected chi connectivity index (χ4v) is 2.79. The third-order valence-electron chi connectivity index (χ3n) is 2.50. The molecule has 6 nitrogen and oxygen atoms in total. The molecule has 1 aromatic carbocycles. The van der Waals surface area contributed by atoms with Gasteiger partial charge < -0.3 is 11.1 Å². The summed E-state index contributed by atoms with van der Waals surface area (Å²) in [6.07, 6.45) is 1.97. The van der Waals surface area contributed by atoms with Gasteiger partial charge in [0.2, 0.25) is 17.0 Å². The zero-order valence-electron chi connectivity index (χ0n) is 11.1. The van der Waals surface area contributed by atoms with Crippen LogP contribution in [0.25, 0.3) is 0 Å². The molecule has 0 aliphatic heterocycles. The van der Waals surface area contributed by atoms with E-state index in [-0.39, 0.29) is 17.1 Å². The highest BCUT2D eigenvalue weighted by Gasteiger charge is 2.17. The zero-order valence-corrected chi connectivity index (χ0v) is 12.7. The quantitative estimate of drug-likeness (QED) is 0.733. The highest BCUT2D eigenvalue weighted by Crippen LogP contribution is 2.26. The lowest BCUT2D eigenvalue weighted by Gasteiger charge is -2.12. The summed E-state index contributed by atoms with van der Waals surface area (Å²) >= 11 is 2.84. The molecule has 4 N–H and O–H groups in total. The molecule has 1 aromatic heterocycles. The van der Waals surface area contributed by atoms with E-state index in [1.807, 2.05) is 30.5 Å². The summed E-state index contributed by atoms with van der Waals surface area (Å²) in [5.41, 5.74) is 6.26. The van der Waals surface area contributed by atoms with Crippen LogP contribution < -0.4 is 11.1 Å². The molecule has 0 bridgehead atoms. The fraction of sp³-hybridized carbons (Fsp3) is 0.250. The SMILES string of the molecule is CSc1ccccc1NC(=O)[C@@H](C)Sc1n[nH]c(N)n1. The lowest BCUT2D eigenvalue weighted by atomic mass is 10.3. The maximum atomic E-state index is 12.2. The van der Waals surface area contributed by atoms with Crippen LogP contribution in [0.2, 0.25) is 0 Å². The van der Waals surface area contributed by atoms with E-state index in [2.05, 4.69) is 20.5 Å². The Hall–Kier alpha value is -1.67. The van der Waals surface area contributed by atoms with Gasteiger partial charge in [0.15, 0.2) is 0 Å². The lowest BCUT2D eigenvalue weighted by Crippen LogP contribution is -2.22. The molecule has 0 saturated carbocycles. The van der Waals surface area contributed by atoms with Gasteiger partial charge in [-0.25, -0.2) is 5.10 Å². The number of nitrogens with zero attached hydrogens (tertiary/aromatic N) is 2. The van der Waals surface area contributed by atoms with Crippen molar-refractivity contribution in [2.75, 3.05) is 17.3 Å². The number of carbonyl (C=O) groups excluding carboxylic acids is 1. The van der Waals surface area contributed by atoms with Gasteiger partial charge >= 0.3 is 0 Å². The Kier molecular flexibility index (Phi) is 4.91. The summed E-state index contributed by atoms with van der Waals surface area (Å²) in [5, 5.41) is 9.49. The Morgan fingerprint density at radius 3 is 2.85 bits per heavy atom. The molecule has 2 aromatic rings. The third kappa shape index (κ3) is 3.67. The van der Waals surface area contributed by atoms with Gasteiger partial charge in [0.05, 0.1) is 10.9 Å². The van der Waals surface area contributed by atoms with Crippen molar-refractivity contribution in [3.8, 4) is 0 Å². The number of nitrogens with one attached hydrogen (secondary N) is 2. The molecule has 20 heavy (non-hydrogen) atoms. The number of amides is 1. The normalized spacial score (nSPS) is 12.1. The number of thioether (sulfide) groups is 2. The molecule has 0 unspecified atom stereocenters. The summed E-state index contributed by atoms with van der Waals surface area (Å²) in [4.78, 5) is 17.1. The predicted octanol–water partition coefficient (Wildman–Crippen LogP) is 2.23. The molecule has 0 spiro atoms. The Balaban J connectivity index is 2.00. The van der Waals surface area contributed by atoms with Crippen molar-refractivity contribution in [3.63, 3.8) is 0 Å². The summed E-state index contributed by atoms with van der Waals surface area (Å²) in [5.74, 6) is 0.146. The van der Waals surface area contributed by atoms with Gasteiger partial charge in [0, 0.05) is 4.90 Å². The summed E-state index contributed by atoms with van der Waals surface area (Å²) in [7, 11) is 0. The van der Waals surface area contributed by atoms with Crippen molar-refractivity contribution in [2.24, 2.45) is 0 Å². The van der Waals surface area contributed by atoms with E-state index >= 15 is 0 Å². The van der Waals surface area contributed by atoms with Crippen molar-refractivity contribution in [1.82, 2.24) is 15.2 Å². The number of hydrogen-bond acceptors (Lipinski definition) is 6. The second kappa shape index (κ2) is 6.67. The van der Waals surface area contributed by atoms with Gasteiger partial charge in [-0.2, -0.15) is 4.98 Å². The number of benzene rings is 1. The predicted molar refractivity (Wildman–Crippen MR) is 83.0 cm³/mol. The minimum absolute atomic E-state index is 0.0973. The van der Waals surface area contributed by atoms with E-state index in [9.17, 15) is 4.79 Å². The molecular formula is C12H15N5OS2. The van der Waals surface area contributed by atoms with Crippen LogP contribution in [0.5, 0.6) is 0 Å². The maximum absolute atomic E-state index is 12.2. The first-order chi connectivity index (χ1) is 9.60. The van der Waals surface area contributed by atoms with Gasteiger partial charge in [-0.1, -0.05) is 23.9 Å². The number of hydrogen-bond donors (Lipinski definition) is 3. The average Bonchev–Trinajstić information content (AvgIpc) is 2.84. The van der Waals surface area contributed by atoms with E-state index in [4.69, 9.17) is 5.73 Å². The van der Waals surface area contributed by atoms with Crippen LogP contribution in [-0.2, 0) is 4.79 Å². The number of para-hydroxylation sites is 1. The second-order valence-corrected chi connectivity index (χ2v) is 6.11. The number of H-pyrrole nitrogens is 1. The molecular weight excluding hydrogens is 294 g/mol. The molecule has 2 rings (SSSR count). The number of aromatic amines is 1. The minimum Gasteiger partial charge on any atom is -0.368 e. The van der Waals surface area contributed by atoms with Gasteiger partial charge in [-0.15, -0.1) is 16.9 Å². The molecule has 1 atom stereocenters. The highest BCUT2D eigenvalue weighted by atomic mass is 32.2. The first-order valence-corrected chi connectivity index (χ1v) is 7.99. The van der Waals surface area contributed by atoms with E-state index in [0.717, 1.165) is 10.6 Å². The first-order valence-electron chi connectivity index (χ1n) is 5.88. The highest BCUT2D eigenvalue weighted by molar-refractivity contribution is 8.00. The third-order valence-corrected chi connectivity index (χ3v) is 4.26. The number of nitrogen functional groups attached to an aromatic ring is 1. The number of aromatic nitrogens is 3. The van der Waals surface area contributed by atoms with E-state index in [1.165, 1.54) is 11.8 Å². The largest absolute Gasteiger partial charge is 0.368 e. The van der Waals surface area contributed by atoms with Crippen LogP contribution in [0, 0.1) is 0 Å². The number of rotatable bonds is 5. The second-order valence-electron chi connectivity index (χ2n) is 3.95. The smallest absolute Gasteiger partial charge is 0.237 e. The van der Waals surface area contributed by atoms with Gasteiger partial charge in [-0.05, 0) is 25.3 Å². The van der Waals surface area contributed by atoms with E-state index < -0.39 is 0 Å². The molecule has 0 saturated heterocycles. The topological polar surface area (TPSA) is 96.7 Å². The van der Waals surface area contributed by atoms with E-state index in [0.29, 0.717) is 5.16 Å². The summed E-state index contributed by atoms with van der Waals surface area (Å²) in [6.45, 7) is 1.80. The van der Waals surface area contributed by atoms with Crippen molar-refractivity contribution < 1.29 is 4.79 Å². The number of nitrogens with two attached hydrogens (primary N) is 1. The molecule has 0 aliphatic carbocycles. The van der Waals surface area contributed by atoms with Crippen molar-refractivity contribution in [1.29, 1.82) is 0 Å². The van der Waals surface area contributed by atoms with Gasteiger partial charge in [0.1, 0.15) is 0 Å². The number of anilines is 2. The van der Waals surface area contributed by atoms with E-state index in [1.54, 1.807) is 18.7 Å². The standard InChI is InChI=1S/C12H15N5OS2/c1-7(20-12-15-11(13)16-17-12)10(18)14-8-5-3-4-6-9(8)19-2/h3-7H,1-2H3,(H,14,18)(H3,13,15,16,17)/t7-/m1/s1. The minimum atomic E-state index is -0.319. The summed E-state index contributed by atoms with van der Waals surface area (Å²) < 4.78 is 0. The molecule has 0 aliphatic rings. The first kappa shape index (κ1) is 14.7. The van der Waals surface area contributed by atoms with Crippen molar-refractivity contribution in [2.45, 2.75) is 22.2 Å². The van der Waals surface area contributed by atoms with Crippen molar-refractivity contribution in [3.05, 3.63) is 24.3 Å². The fourth-order valence-electron chi connectivity index (χ4n) is 1.50. The van der Waals surface area contributed by atoms with Crippen LogP contribution in [0.3, 0.4) is 0 Å². The zero-order chi connectivity index (χ0) is 14.5. The van der Waals surface area contributed by atoms with Gasteiger partial charge in [-0.3, -0.25) is 4.79 Å². The van der Waals surface area contributed by atoms with Gasteiger partial charge in [0.25, 0.3) is 0 Å². The van der Waals surface area contributed by atoms with Crippen LogP contribution >= 0.6 is 23.5 Å². The van der Waals surface area contributed by atoms with Crippen LogP contribution in [-0.4, -0.2) is 32.6 Å². The van der Waals surface area contributed by atoms with Crippen LogP contribution in [0.4, 0.5) is 11.6 Å². The molecule has 1 amide bonds. The van der Waals surface area contributed by atoms with Crippen LogP contribution in [0.15, 0.2) is 34.3 Å².